The number of rotatable bonds is 6. The Bertz CT molecular complexity index is 80.9. The van der Waals surface area contributed by atoms with Crippen molar-refractivity contribution in [2.24, 2.45) is 0 Å². The monoisotopic (exact) mass is 194 g/mol. The summed E-state index contributed by atoms with van der Waals surface area (Å²) < 4.78 is 0. The molecule has 1 rings (SSSR count). The summed E-state index contributed by atoms with van der Waals surface area (Å²) in [5.41, 5.74) is 0. The van der Waals surface area contributed by atoms with Crippen LogP contribution < -0.4 is 0 Å². The van der Waals surface area contributed by atoms with E-state index < -0.39 is 0 Å². The van der Waals surface area contributed by atoms with Crippen LogP contribution in [0, 0.1) is 0 Å². The molecule has 0 nitrogen and oxygen atoms in total. The Kier molecular flexibility index (Phi) is 5.18. The molecule has 1 saturated heterocycles. The largest absolute Gasteiger partial charge is 0.161 e. The third-order valence-electron chi connectivity index (χ3n) is 1.28. The van der Waals surface area contributed by atoms with Gasteiger partial charge >= 0.3 is 0 Å². The SMILES string of the molecule is CCSCCSCC1CS1. The van der Waals surface area contributed by atoms with Crippen LogP contribution in [0.5, 0.6) is 0 Å². The Labute approximate surface area is 76.3 Å². The highest BCUT2D eigenvalue weighted by atomic mass is 32.2. The van der Waals surface area contributed by atoms with E-state index in [0.717, 1.165) is 5.25 Å². The summed E-state index contributed by atoms with van der Waals surface area (Å²) in [7, 11) is 0. The third kappa shape index (κ3) is 4.80. The molecule has 0 saturated carbocycles. The summed E-state index contributed by atoms with van der Waals surface area (Å²) in [6.45, 7) is 2.23. The van der Waals surface area contributed by atoms with E-state index in [4.69, 9.17) is 0 Å². The normalized spacial score (nSPS) is 23.1. The molecule has 0 N–H and O–H groups in total. The van der Waals surface area contributed by atoms with Crippen molar-refractivity contribution in [1.82, 2.24) is 0 Å². The van der Waals surface area contributed by atoms with E-state index >= 15 is 0 Å². The van der Waals surface area contributed by atoms with Gasteiger partial charge in [0.25, 0.3) is 0 Å². The molecule has 3 heteroatoms. The van der Waals surface area contributed by atoms with Crippen LogP contribution in [0.15, 0.2) is 0 Å². The summed E-state index contributed by atoms with van der Waals surface area (Å²) in [5, 5.41) is 1.02. The first-order valence-corrected chi connectivity index (χ1v) is 7.06. The van der Waals surface area contributed by atoms with Crippen molar-refractivity contribution in [3.63, 3.8) is 0 Å². The van der Waals surface area contributed by atoms with E-state index in [1.807, 2.05) is 0 Å². The fourth-order valence-corrected chi connectivity index (χ4v) is 3.50. The maximum Gasteiger partial charge on any atom is 0.0229 e. The summed E-state index contributed by atoms with van der Waals surface area (Å²) in [4.78, 5) is 0. The van der Waals surface area contributed by atoms with Crippen molar-refractivity contribution in [3.8, 4) is 0 Å². The van der Waals surface area contributed by atoms with Crippen LogP contribution in [0.1, 0.15) is 6.92 Å². The molecule has 0 radical (unpaired) electrons. The number of hydrogen-bond acceptors (Lipinski definition) is 3. The second-order valence-electron chi connectivity index (χ2n) is 2.23. The van der Waals surface area contributed by atoms with Crippen molar-refractivity contribution in [2.75, 3.05) is 28.8 Å². The van der Waals surface area contributed by atoms with Gasteiger partial charge < -0.3 is 0 Å². The lowest BCUT2D eigenvalue weighted by Crippen LogP contribution is -1.91. The molecule has 0 amide bonds. The van der Waals surface area contributed by atoms with Gasteiger partial charge in [-0.15, -0.1) is 0 Å². The minimum absolute atomic E-state index is 1.02. The molecule has 60 valence electrons. The lowest BCUT2D eigenvalue weighted by Gasteiger charge is -1.96. The molecule has 0 aromatic heterocycles. The van der Waals surface area contributed by atoms with Crippen LogP contribution in [0.2, 0.25) is 0 Å². The van der Waals surface area contributed by atoms with Gasteiger partial charge in [-0.05, 0) is 5.75 Å². The first-order chi connectivity index (χ1) is 4.93. The molecule has 1 atom stereocenters. The van der Waals surface area contributed by atoms with Gasteiger partial charge in [-0.3, -0.25) is 0 Å². The topological polar surface area (TPSA) is 0 Å². The second-order valence-corrected chi connectivity index (χ2v) is 6.10. The zero-order chi connectivity index (χ0) is 7.23. The minimum Gasteiger partial charge on any atom is -0.161 e. The van der Waals surface area contributed by atoms with Crippen LogP contribution >= 0.6 is 35.3 Å². The number of thioether (sulfide) groups is 3. The first kappa shape index (κ1) is 9.14. The minimum atomic E-state index is 1.02. The van der Waals surface area contributed by atoms with Gasteiger partial charge in [-0.2, -0.15) is 35.3 Å². The van der Waals surface area contributed by atoms with Crippen LogP contribution in [0.3, 0.4) is 0 Å². The van der Waals surface area contributed by atoms with E-state index in [-0.39, 0.29) is 0 Å². The predicted octanol–water partition coefficient (Wildman–Crippen LogP) is 2.59. The summed E-state index contributed by atoms with van der Waals surface area (Å²) in [6, 6.07) is 0. The van der Waals surface area contributed by atoms with Gasteiger partial charge in [0.2, 0.25) is 0 Å². The molecule has 0 aromatic rings. The maximum absolute atomic E-state index is 2.23. The molecule has 0 spiro atoms. The first-order valence-electron chi connectivity index (χ1n) is 3.70. The highest BCUT2D eigenvalue weighted by molar-refractivity contribution is 8.09. The van der Waals surface area contributed by atoms with Gasteiger partial charge in [0.05, 0.1) is 0 Å². The fraction of sp³-hybridized carbons (Fsp3) is 1.00. The molecule has 1 unspecified atom stereocenters. The zero-order valence-electron chi connectivity index (χ0n) is 6.34. The van der Waals surface area contributed by atoms with Crippen molar-refractivity contribution >= 4 is 35.3 Å². The molecule has 0 bridgehead atoms. The highest BCUT2D eigenvalue weighted by Crippen LogP contribution is 2.32. The Balaban J connectivity index is 1.68. The predicted molar refractivity (Wildman–Crippen MR) is 56.6 cm³/mol. The van der Waals surface area contributed by atoms with Crippen LogP contribution in [-0.4, -0.2) is 34.0 Å². The molecule has 1 heterocycles. The van der Waals surface area contributed by atoms with Crippen LogP contribution in [-0.2, 0) is 0 Å². The lowest BCUT2D eigenvalue weighted by atomic mass is 10.6. The molecular weight excluding hydrogens is 180 g/mol. The van der Waals surface area contributed by atoms with E-state index in [9.17, 15) is 0 Å². The van der Waals surface area contributed by atoms with Crippen molar-refractivity contribution in [1.29, 1.82) is 0 Å². The van der Waals surface area contributed by atoms with Crippen LogP contribution in [0.4, 0.5) is 0 Å². The number of hydrogen-bond donors (Lipinski definition) is 0. The van der Waals surface area contributed by atoms with Gasteiger partial charge in [0.1, 0.15) is 0 Å². The average Bonchev–Trinajstić information content (AvgIpc) is 2.71. The Morgan fingerprint density at radius 3 is 2.70 bits per heavy atom. The van der Waals surface area contributed by atoms with Crippen molar-refractivity contribution in [3.05, 3.63) is 0 Å². The Morgan fingerprint density at radius 2 is 2.10 bits per heavy atom. The molecule has 10 heavy (non-hydrogen) atoms. The smallest absolute Gasteiger partial charge is 0.0229 e. The fourth-order valence-electron chi connectivity index (χ4n) is 0.641. The average molecular weight is 194 g/mol. The molecule has 0 aliphatic carbocycles. The third-order valence-corrected chi connectivity index (χ3v) is 4.75. The molecule has 1 aliphatic rings. The highest BCUT2D eigenvalue weighted by Gasteiger charge is 2.21. The van der Waals surface area contributed by atoms with E-state index in [1.54, 1.807) is 0 Å². The summed E-state index contributed by atoms with van der Waals surface area (Å²) >= 11 is 6.28. The van der Waals surface area contributed by atoms with E-state index in [2.05, 4.69) is 42.2 Å². The van der Waals surface area contributed by atoms with Gasteiger partial charge in [-0.25, -0.2) is 0 Å². The van der Waals surface area contributed by atoms with E-state index in [0.29, 0.717) is 0 Å². The Morgan fingerprint density at radius 1 is 1.40 bits per heavy atom. The molecule has 1 fully saturated rings. The molecule has 0 aromatic carbocycles. The maximum atomic E-state index is 2.23. The zero-order valence-corrected chi connectivity index (χ0v) is 8.79. The Hall–Kier alpha value is 1.05. The van der Waals surface area contributed by atoms with Gasteiger partial charge in [0.15, 0.2) is 0 Å². The second kappa shape index (κ2) is 5.67. The van der Waals surface area contributed by atoms with Gasteiger partial charge in [0, 0.05) is 28.3 Å². The summed E-state index contributed by atoms with van der Waals surface area (Å²) in [5.74, 6) is 6.80. The lowest BCUT2D eigenvalue weighted by molar-refractivity contribution is 1.26. The quantitative estimate of drug-likeness (QED) is 0.471. The van der Waals surface area contributed by atoms with E-state index in [1.165, 1.54) is 28.8 Å². The molecule has 1 aliphatic heterocycles. The standard InChI is InChI=1S/C7H14S3/c1-2-8-3-4-9-5-7-6-10-7/h7H,2-6H2,1H3. The summed E-state index contributed by atoms with van der Waals surface area (Å²) in [6.07, 6.45) is 0. The van der Waals surface area contributed by atoms with Crippen molar-refractivity contribution < 1.29 is 0 Å². The van der Waals surface area contributed by atoms with Crippen molar-refractivity contribution in [2.45, 2.75) is 12.2 Å². The van der Waals surface area contributed by atoms with Crippen LogP contribution in [0.25, 0.3) is 0 Å². The van der Waals surface area contributed by atoms with Gasteiger partial charge in [-0.1, -0.05) is 6.92 Å². The molecular formula is C7H14S3.